The first-order valence-electron chi connectivity index (χ1n) is 7.07. The van der Waals surface area contributed by atoms with E-state index in [0.717, 1.165) is 18.6 Å². The fraction of sp³-hybridized carbons (Fsp3) is 0.562. The number of ether oxygens (including phenoxy) is 1. The molecule has 0 aromatic heterocycles. The average Bonchev–Trinajstić information content (AvgIpc) is 2.45. The van der Waals surface area contributed by atoms with E-state index in [1.807, 2.05) is 31.0 Å². The third-order valence-electron chi connectivity index (χ3n) is 3.87. The maximum atomic E-state index is 11.2. The topological polar surface area (TPSA) is 49.8 Å². The van der Waals surface area contributed by atoms with Crippen molar-refractivity contribution >= 4 is 5.97 Å². The fourth-order valence-electron chi connectivity index (χ4n) is 2.32. The van der Waals surface area contributed by atoms with Gasteiger partial charge in [-0.15, -0.1) is 0 Å². The smallest absolute Gasteiger partial charge is 0.320 e. The van der Waals surface area contributed by atoms with Crippen LogP contribution in [0, 0.1) is 0 Å². The molecule has 0 saturated carbocycles. The minimum absolute atomic E-state index is 0.234. The van der Waals surface area contributed by atoms with Crippen molar-refractivity contribution in [1.29, 1.82) is 0 Å². The van der Waals surface area contributed by atoms with E-state index >= 15 is 0 Å². The van der Waals surface area contributed by atoms with Crippen molar-refractivity contribution in [3.63, 3.8) is 0 Å². The quantitative estimate of drug-likeness (QED) is 0.795. The number of hydrogen-bond acceptors (Lipinski definition) is 3. The van der Waals surface area contributed by atoms with Gasteiger partial charge in [0.15, 0.2) is 0 Å². The number of carboxylic acids is 1. The van der Waals surface area contributed by atoms with Gasteiger partial charge < -0.3 is 9.84 Å². The molecule has 20 heavy (non-hydrogen) atoms. The van der Waals surface area contributed by atoms with Crippen molar-refractivity contribution in [2.45, 2.75) is 45.2 Å². The lowest BCUT2D eigenvalue weighted by molar-refractivity contribution is -0.143. The molecule has 0 radical (unpaired) electrons. The number of nitrogens with zero attached hydrogens (tertiary/aromatic N) is 1. The Morgan fingerprint density at radius 1 is 1.35 bits per heavy atom. The molecule has 0 aliphatic heterocycles. The molecule has 4 heteroatoms. The molecule has 0 aliphatic carbocycles. The van der Waals surface area contributed by atoms with Gasteiger partial charge in [-0.3, -0.25) is 9.69 Å². The molecule has 2 unspecified atom stereocenters. The Bertz CT molecular complexity index is 416. The van der Waals surface area contributed by atoms with E-state index in [2.05, 4.69) is 19.1 Å². The summed E-state index contributed by atoms with van der Waals surface area (Å²) in [6, 6.07) is 7.85. The number of carbonyl (C=O) groups is 1. The van der Waals surface area contributed by atoms with E-state index in [9.17, 15) is 9.90 Å². The van der Waals surface area contributed by atoms with Gasteiger partial charge in [0.2, 0.25) is 0 Å². The third-order valence-corrected chi connectivity index (χ3v) is 3.87. The Labute approximate surface area is 121 Å². The van der Waals surface area contributed by atoms with Gasteiger partial charge in [0, 0.05) is 6.04 Å². The first-order valence-corrected chi connectivity index (χ1v) is 7.07. The standard InChI is InChI=1S/C16H25NO3/c1-5-15(16(18)19)17(3)12(2)6-7-13-8-10-14(20-4)11-9-13/h8-12,15H,5-7H2,1-4H3,(H,18,19). The summed E-state index contributed by atoms with van der Waals surface area (Å²) < 4.78 is 5.13. The van der Waals surface area contributed by atoms with Crippen LogP contribution in [0.3, 0.4) is 0 Å². The van der Waals surface area contributed by atoms with Crippen molar-refractivity contribution in [2.75, 3.05) is 14.2 Å². The van der Waals surface area contributed by atoms with Crippen molar-refractivity contribution in [3.8, 4) is 5.75 Å². The van der Waals surface area contributed by atoms with Crippen LogP contribution in [0.5, 0.6) is 5.75 Å². The monoisotopic (exact) mass is 279 g/mol. The summed E-state index contributed by atoms with van der Waals surface area (Å²) >= 11 is 0. The lowest BCUT2D eigenvalue weighted by atomic mass is 10.0. The molecule has 1 rings (SSSR count). The molecule has 1 aromatic carbocycles. The number of aliphatic carboxylic acids is 1. The van der Waals surface area contributed by atoms with E-state index in [1.165, 1.54) is 5.56 Å². The van der Waals surface area contributed by atoms with Crippen LogP contribution in [0.2, 0.25) is 0 Å². The minimum atomic E-state index is -0.744. The Morgan fingerprint density at radius 3 is 2.40 bits per heavy atom. The van der Waals surface area contributed by atoms with Crippen LogP contribution >= 0.6 is 0 Å². The van der Waals surface area contributed by atoms with Crippen molar-refractivity contribution in [2.24, 2.45) is 0 Å². The van der Waals surface area contributed by atoms with Crippen LogP contribution in [-0.4, -0.2) is 42.2 Å². The number of hydrogen-bond donors (Lipinski definition) is 1. The highest BCUT2D eigenvalue weighted by Gasteiger charge is 2.24. The van der Waals surface area contributed by atoms with Crippen LogP contribution in [0.15, 0.2) is 24.3 Å². The van der Waals surface area contributed by atoms with E-state index in [-0.39, 0.29) is 6.04 Å². The number of likely N-dealkylation sites (N-methyl/N-ethyl adjacent to an activating group) is 1. The van der Waals surface area contributed by atoms with Gasteiger partial charge in [-0.05, 0) is 50.9 Å². The van der Waals surface area contributed by atoms with Crippen LogP contribution in [0.4, 0.5) is 0 Å². The maximum absolute atomic E-state index is 11.2. The summed E-state index contributed by atoms with van der Waals surface area (Å²) in [5.41, 5.74) is 1.24. The predicted octanol–water partition coefficient (Wildman–Crippen LogP) is 2.81. The zero-order chi connectivity index (χ0) is 15.1. The Balaban J connectivity index is 2.52. The molecule has 2 atom stereocenters. The first-order chi connectivity index (χ1) is 9.49. The minimum Gasteiger partial charge on any atom is -0.497 e. The van der Waals surface area contributed by atoms with Crippen molar-refractivity contribution < 1.29 is 14.6 Å². The number of rotatable bonds is 8. The SMILES string of the molecule is CCC(C(=O)O)N(C)C(C)CCc1ccc(OC)cc1. The highest BCUT2D eigenvalue weighted by Crippen LogP contribution is 2.16. The molecule has 0 saturated heterocycles. The third kappa shape index (κ3) is 4.53. The molecular weight excluding hydrogens is 254 g/mol. The highest BCUT2D eigenvalue weighted by molar-refractivity contribution is 5.73. The summed E-state index contributed by atoms with van der Waals surface area (Å²) in [6.45, 7) is 3.99. The first kappa shape index (κ1) is 16.5. The predicted molar refractivity (Wildman–Crippen MR) is 80.3 cm³/mol. The van der Waals surface area contributed by atoms with E-state index in [0.29, 0.717) is 6.42 Å². The van der Waals surface area contributed by atoms with Crippen molar-refractivity contribution in [3.05, 3.63) is 29.8 Å². The zero-order valence-corrected chi connectivity index (χ0v) is 12.8. The van der Waals surface area contributed by atoms with E-state index < -0.39 is 12.0 Å². The fourth-order valence-corrected chi connectivity index (χ4v) is 2.32. The summed E-state index contributed by atoms with van der Waals surface area (Å²) in [6.07, 6.45) is 2.50. The molecule has 0 amide bonds. The van der Waals surface area contributed by atoms with Gasteiger partial charge in [-0.1, -0.05) is 19.1 Å². The molecule has 4 nitrogen and oxygen atoms in total. The highest BCUT2D eigenvalue weighted by atomic mass is 16.5. The number of methoxy groups -OCH3 is 1. The van der Waals surface area contributed by atoms with E-state index in [1.54, 1.807) is 7.11 Å². The molecule has 0 spiro atoms. The van der Waals surface area contributed by atoms with Crippen LogP contribution in [-0.2, 0) is 11.2 Å². The van der Waals surface area contributed by atoms with Crippen LogP contribution < -0.4 is 4.74 Å². The molecule has 0 fully saturated rings. The van der Waals surface area contributed by atoms with E-state index in [4.69, 9.17) is 4.74 Å². The number of benzene rings is 1. The summed E-state index contributed by atoms with van der Waals surface area (Å²) in [5.74, 6) is 0.113. The van der Waals surface area contributed by atoms with Gasteiger partial charge in [-0.25, -0.2) is 0 Å². The second-order valence-electron chi connectivity index (χ2n) is 5.16. The Morgan fingerprint density at radius 2 is 1.95 bits per heavy atom. The zero-order valence-electron chi connectivity index (χ0n) is 12.8. The summed E-state index contributed by atoms with van der Waals surface area (Å²) in [4.78, 5) is 13.1. The Kier molecular flexibility index (Phi) is 6.52. The second kappa shape index (κ2) is 7.90. The largest absolute Gasteiger partial charge is 0.497 e. The van der Waals surface area contributed by atoms with Gasteiger partial charge in [0.1, 0.15) is 11.8 Å². The molecule has 1 N–H and O–H groups in total. The number of aryl methyl sites for hydroxylation is 1. The van der Waals surface area contributed by atoms with Gasteiger partial charge in [0.05, 0.1) is 7.11 Å². The normalized spacial score (nSPS) is 14.1. The van der Waals surface area contributed by atoms with Crippen molar-refractivity contribution in [1.82, 2.24) is 4.90 Å². The Hall–Kier alpha value is -1.55. The molecular formula is C16H25NO3. The summed E-state index contributed by atoms with van der Waals surface area (Å²) in [5, 5.41) is 9.18. The molecule has 0 aliphatic rings. The molecule has 0 heterocycles. The number of carboxylic acid groups (broad SMARTS) is 1. The van der Waals surface area contributed by atoms with Crippen LogP contribution in [0.25, 0.3) is 0 Å². The molecule has 1 aromatic rings. The molecule has 0 bridgehead atoms. The maximum Gasteiger partial charge on any atom is 0.320 e. The van der Waals surface area contributed by atoms with Gasteiger partial charge in [0.25, 0.3) is 0 Å². The lowest BCUT2D eigenvalue weighted by Gasteiger charge is -2.29. The average molecular weight is 279 g/mol. The molecule has 112 valence electrons. The second-order valence-corrected chi connectivity index (χ2v) is 5.16. The van der Waals surface area contributed by atoms with Gasteiger partial charge in [-0.2, -0.15) is 0 Å². The summed E-state index contributed by atoms with van der Waals surface area (Å²) in [7, 11) is 3.55. The van der Waals surface area contributed by atoms with Gasteiger partial charge >= 0.3 is 5.97 Å². The lowest BCUT2D eigenvalue weighted by Crippen LogP contribution is -2.43. The van der Waals surface area contributed by atoms with Crippen LogP contribution in [0.1, 0.15) is 32.3 Å².